The maximum atomic E-state index is 12.5. The summed E-state index contributed by atoms with van der Waals surface area (Å²) in [5.74, 6) is 1.76. The first-order valence-corrected chi connectivity index (χ1v) is 10.2. The van der Waals surface area contributed by atoms with Crippen LogP contribution in [0, 0.1) is 5.92 Å². The number of aryl methyl sites for hydroxylation is 1. The van der Waals surface area contributed by atoms with Crippen LogP contribution in [0.5, 0.6) is 0 Å². The van der Waals surface area contributed by atoms with E-state index in [1.54, 1.807) is 23.0 Å². The van der Waals surface area contributed by atoms with E-state index in [1.807, 2.05) is 25.1 Å². The fourth-order valence-electron chi connectivity index (χ4n) is 4.20. The molecule has 1 aliphatic carbocycles. The SMILES string of the molecule is CCn1ccc2cc(Nc3cc(CC(O)C4CCCC4)ccn3)nc(N)c2c1=O. The molecule has 0 radical (unpaired) electrons. The number of aliphatic hydroxyl groups is 1. The molecule has 0 saturated heterocycles. The summed E-state index contributed by atoms with van der Waals surface area (Å²) in [5, 5.41) is 14.9. The average Bonchev–Trinajstić information content (AvgIpc) is 3.23. The Morgan fingerprint density at radius 2 is 2.07 bits per heavy atom. The first-order valence-electron chi connectivity index (χ1n) is 10.2. The Morgan fingerprint density at radius 1 is 1.28 bits per heavy atom. The van der Waals surface area contributed by atoms with Crippen molar-refractivity contribution in [2.24, 2.45) is 5.92 Å². The fourth-order valence-corrected chi connectivity index (χ4v) is 4.20. The molecule has 152 valence electrons. The Labute approximate surface area is 169 Å². The van der Waals surface area contributed by atoms with Crippen LogP contribution in [-0.4, -0.2) is 25.7 Å². The van der Waals surface area contributed by atoms with Crippen molar-refractivity contribution in [2.45, 2.75) is 51.7 Å². The topological polar surface area (TPSA) is 106 Å². The predicted molar refractivity (Wildman–Crippen MR) is 115 cm³/mol. The zero-order valence-corrected chi connectivity index (χ0v) is 16.6. The molecular formula is C22H27N5O2. The zero-order chi connectivity index (χ0) is 20.4. The van der Waals surface area contributed by atoms with Crippen LogP contribution in [0.15, 0.2) is 41.5 Å². The number of anilines is 3. The summed E-state index contributed by atoms with van der Waals surface area (Å²) in [6, 6.07) is 7.52. The molecule has 0 spiro atoms. The molecule has 3 aromatic rings. The highest BCUT2D eigenvalue weighted by Crippen LogP contribution is 2.29. The van der Waals surface area contributed by atoms with Gasteiger partial charge in [0.25, 0.3) is 5.56 Å². The summed E-state index contributed by atoms with van der Waals surface area (Å²) < 4.78 is 1.61. The number of fused-ring (bicyclic) bond motifs is 1. The number of aliphatic hydroxyl groups excluding tert-OH is 1. The molecule has 1 atom stereocenters. The van der Waals surface area contributed by atoms with E-state index >= 15 is 0 Å². The number of nitrogens with zero attached hydrogens (tertiary/aromatic N) is 3. The van der Waals surface area contributed by atoms with Crippen LogP contribution in [0.4, 0.5) is 17.5 Å². The number of nitrogens with one attached hydrogen (secondary N) is 1. The van der Waals surface area contributed by atoms with E-state index < -0.39 is 0 Å². The van der Waals surface area contributed by atoms with Crippen LogP contribution >= 0.6 is 0 Å². The van der Waals surface area contributed by atoms with Crippen molar-refractivity contribution in [1.29, 1.82) is 0 Å². The fraction of sp³-hybridized carbons (Fsp3) is 0.409. The van der Waals surface area contributed by atoms with Gasteiger partial charge < -0.3 is 20.7 Å². The number of aromatic nitrogens is 3. The monoisotopic (exact) mass is 393 g/mol. The molecule has 0 bridgehead atoms. The van der Waals surface area contributed by atoms with E-state index in [-0.39, 0.29) is 17.5 Å². The Hall–Kier alpha value is -2.93. The number of nitrogen functional groups attached to an aromatic ring is 1. The van der Waals surface area contributed by atoms with Gasteiger partial charge in [-0.05, 0) is 67.3 Å². The number of pyridine rings is 3. The molecule has 3 heterocycles. The van der Waals surface area contributed by atoms with E-state index in [0.29, 0.717) is 35.9 Å². The Balaban J connectivity index is 1.56. The van der Waals surface area contributed by atoms with Crippen LogP contribution < -0.4 is 16.6 Å². The Morgan fingerprint density at radius 3 is 2.83 bits per heavy atom. The number of hydrogen-bond acceptors (Lipinski definition) is 6. The molecule has 3 aromatic heterocycles. The van der Waals surface area contributed by atoms with Crippen molar-refractivity contribution in [3.05, 3.63) is 52.6 Å². The lowest BCUT2D eigenvalue weighted by atomic mass is 9.95. The van der Waals surface area contributed by atoms with Gasteiger partial charge in [0.1, 0.15) is 17.5 Å². The van der Waals surface area contributed by atoms with Gasteiger partial charge in [0.05, 0.1) is 11.5 Å². The van der Waals surface area contributed by atoms with Gasteiger partial charge in [0.15, 0.2) is 0 Å². The number of nitrogens with two attached hydrogens (primary N) is 1. The third-order valence-electron chi connectivity index (χ3n) is 5.80. The molecule has 0 aliphatic heterocycles. The van der Waals surface area contributed by atoms with E-state index in [9.17, 15) is 9.90 Å². The van der Waals surface area contributed by atoms with Crippen LogP contribution in [0.3, 0.4) is 0 Å². The third-order valence-corrected chi connectivity index (χ3v) is 5.80. The van der Waals surface area contributed by atoms with Crippen molar-refractivity contribution >= 4 is 28.2 Å². The number of rotatable bonds is 6. The molecule has 29 heavy (non-hydrogen) atoms. The second-order valence-electron chi connectivity index (χ2n) is 7.75. The Kier molecular flexibility index (Phi) is 5.49. The molecule has 1 aliphatic rings. The van der Waals surface area contributed by atoms with Gasteiger partial charge in [-0.1, -0.05) is 12.8 Å². The lowest BCUT2D eigenvalue weighted by Gasteiger charge is -2.18. The van der Waals surface area contributed by atoms with Gasteiger partial charge in [-0.15, -0.1) is 0 Å². The minimum atomic E-state index is -0.317. The van der Waals surface area contributed by atoms with E-state index in [0.717, 1.165) is 23.8 Å². The van der Waals surface area contributed by atoms with Gasteiger partial charge in [-0.3, -0.25) is 4.79 Å². The maximum absolute atomic E-state index is 12.5. The normalized spacial score (nSPS) is 15.7. The standard InChI is InChI=1S/C22H27N5O2/c1-2-27-10-8-16-13-19(26-21(23)20(16)22(27)29)25-18-12-14(7-9-24-18)11-17(28)15-5-3-4-6-15/h7-10,12-13,15,17,28H,2-6,11H2,1H3,(H3,23,24,25,26). The quantitative estimate of drug-likeness (QED) is 0.594. The van der Waals surface area contributed by atoms with Gasteiger partial charge in [-0.25, -0.2) is 9.97 Å². The van der Waals surface area contributed by atoms with Crippen molar-refractivity contribution in [2.75, 3.05) is 11.1 Å². The first kappa shape index (κ1) is 19.4. The molecule has 1 saturated carbocycles. The molecule has 0 aromatic carbocycles. The summed E-state index contributed by atoms with van der Waals surface area (Å²) in [5.41, 5.74) is 6.98. The van der Waals surface area contributed by atoms with Crippen LogP contribution in [0.25, 0.3) is 10.8 Å². The lowest BCUT2D eigenvalue weighted by molar-refractivity contribution is 0.111. The second-order valence-corrected chi connectivity index (χ2v) is 7.75. The molecule has 4 rings (SSSR count). The molecule has 7 heteroatoms. The Bertz CT molecular complexity index is 1070. The number of hydrogen-bond donors (Lipinski definition) is 3. The highest BCUT2D eigenvalue weighted by Gasteiger charge is 2.23. The average molecular weight is 393 g/mol. The van der Waals surface area contributed by atoms with Gasteiger partial charge in [-0.2, -0.15) is 0 Å². The summed E-state index contributed by atoms with van der Waals surface area (Å²) >= 11 is 0. The molecule has 1 unspecified atom stereocenters. The summed E-state index contributed by atoms with van der Waals surface area (Å²) in [4.78, 5) is 21.2. The van der Waals surface area contributed by atoms with E-state index in [1.165, 1.54) is 12.8 Å². The van der Waals surface area contributed by atoms with Crippen LogP contribution in [0.2, 0.25) is 0 Å². The smallest absolute Gasteiger partial charge is 0.262 e. The van der Waals surface area contributed by atoms with Gasteiger partial charge in [0, 0.05) is 18.9 Å². The lowest BCUT2D eigenvalue weighted by Crippen LogP contribution is -2.20. The van der Waals surface area contributed by atoms with Crippen molar-refractivity contribution in [1.82, 2.24) is 14.5 Å². The highest BCUT2D eigenvalue weighted by molar-refractivity contribution is 5.92. The summed E-state index contributed by atoms with van der Waals surface area (Å²) in [7, 11) is 0. The predicted octanol–water partition coefficient (Wildman–Crippen LogP) is 3.23. The molecule has 4 N–H and O–H groups in total. The second kappa shape index (κ2) is 8.21. The minimum Gasteiger partial charge on any atom is -0.392 e. The van der Waals surface area contributed by atoms with Crippen LogP contribution in [-0.2, 0) is 13.0 Å². The molecular weight excluding hydrogens is 366 g/mol. The minimum absolute atomic E-state index is 0.137. The summed E-state index contributed by atoms with van der Waals surface area (Å²) in [6.07, 6.45) is 8.43. The summed E-state index contributed by atoms with van der Waals surface area (Å²) in [6.45, 7) is 2.49. The molecule has 0 amide bonds. The zero-order valence-electron chi connectivity index (χ0n) is 16.6. The van der Waals surface area contributed by atoms with E-state index in [2.05, 4.69) is 15.3 Å². The molecule has 7 nitrogen and oxygen atoms in total. The van der Waals surface area contributed by atoms with Crippen LogP contribution in [0.1, 0.15) is 38.2 Å². The third kappa shape index (κ3) is 4.10. The van der Waals surface area contributed by atoms with Crippen molar-refractivity contribution in [3.8, 4) is 0 Å². The highest BCUT2D eigenvalue weighted by atomic mass is 16.3. The van der Waals surface area contributed by atoms with Crippen molar-refractivity contribution in [3.63, 3.8) is 0 Å². The maximum Gasteiger partial charge on any atom is 0.262 e. The molecule has 1 fully saturated rings. The van der Waals surface area contributed by atoms with Crippen molar-refractivity contribution < 1.29 is 5.11 Å². The van der Waals surface area contributed by atoms with Gasteiger partial charge >= 0.3 is 0 Å². The first-order chi connectivity index (χ1) is 14.0. The largest absolute Gasteiger partial charge is 0.392 e. The van der Waals surface area contributed by atoms with Gasteiger partial charge in [0.2, 0.25) is 0 Å². The van der Waals surface area contributed by atoms with E-state index in [4.69, 9.17) is 5.73 Å².